The van der Waals surface area contributed by atoms with Gasteiger partial charge in [-0.2, -0.15) is 26.3 Å². The first-order chi connectivity index (χ1) is 31.0. The first-order valence-electron chi connectivity index (χ1n) is 20.6. The van der Waals surface area contributed by atoms with Crippen molar-refractivity contribution in [2.75, 3.05) is 43.0 Å². The van der Waals surface area contributed by atoms with Crippen molar-refractivity contribution in [1.82, 2.24) is 30.6 Å². The fraction of sp³-hybridized carbons (Fsp3) is 0.333. The zero-order chi connectivity index (χ0) is 46.3. The molecule has 12 nitrogen and oxygen atoms in total. The van der Waals surface area contributed by atoms with E-state index >= 15 is 0 Å². The number of para-hydroxylation sites is 2. The summed E-state index contributed by atoms with van der Waals surface area (Å²) in [5, 5.41) is 15.8. The lowest BCUT2D eigenvalue weighted by Gasteiger charge is -2.32. The quantitative estimate of drug-likeness (QED) is 0.132. The minimum Gasteiger partial charge on any atom is -0.413 e. The van der Waals surface area contributed by atoms with Gasteiger partial charge in [0, 0.05) is 45.5 Å². The number of likely N-dealkylation sites (tertiary alicyclic amines) is 1. The van der Waals surface area contributed by atoms with Crippen LogP contribution in [0.4, 0.5) is 46.5 Å². The summed E-state index contributed by atoms with van der Waals surface area (Å²) in [6.07, 6.45) is -6.73. The molecule has 0 aliphatic carbocycles. The van der Waals surface area contributed by atoms with Gasteiger partial charge in [0.25, 0.3) is 0 Å². The molecule has 2 fully saturated rings. The lowest BCUT2D eigenvalue weighted by molar-refractivity contribution is -0.157. The van der Waals surface area contributed by atoms with Gasteiger partial charge in [-0.05, 0) is 107 Å². The number of aromatic nitrogens is 4. The molecule has 0 saturated carbocycles. The van der Waals surface area contributed by atoms with E-state index < -0.39 is 47.5 Å². The van der Waals surface area contributed by atoms with Gasteiger partial charge in [0.1, 0.15) is 11.6 Å². The number of amides is 2. The number of nitrogens with one attached hydrogen (secondary N) is 1. The predicted octanol–water partition coefficient (Wildman–Crippen LogP) is 9.62. The molecular weight excluding hydrogens is 904 g/mol. The second-order valence-corrected chi connectivity index (χ2v) is 15.6. The summed E-state index contributed by atoms with van der Waals surface area (Å²) in [5.74, 6) is -5.74. The maximum Gasteiger partial charge on any atom is 0.470 e. The fourth-order valence-corrected chi connectivity index (χ4v) is 7.44. The van der Waals surface area contributed by atoms with E-state index in [4.69, 9.17) is 0 Å². The number of hydrogen-bond donors (Lipinski definition) is 1. The molecule has 8 rings (SSSR count). The van der Waals surface area contributed by atoms with Gasteiger partial charge in [0.2, 0.25) is 23.6 Å². The SMILES string of the molecule is CN1CCC(C(=O)N(Cc2ccc(-c3nnc(C(F)(F)F)o3)cc2F)c2ccccc2)CC1.Cl.O=C(C1CCNCC1)N(Cc1ccc(-c2nnc(C(F)(F)F)o2)cc1F)c1ccccc1. The number of carbonyl (C=O) groups excluding carboxylic acids is 2. The summed E-state index contributed by atoms with van der Waals surface area (Å²) in [7, 11) is 2.01. The van der Waals surface area contributed by atoms with Crippen molar-refractivity contribution < 1.29 is 53.5 Å². The molecule has 0 spiro atoms. The largest absolute Gasteiger partial charge is 0.470 e. The summed E-state index contributed by atoms with van der Waals surface area (Å²) in [4.78, 5) is 31.9. The molecule has 4 aromatic carbocycles. The van der Waals surface area contributed by atoms with Crippen molar-refractivity contribution in [3.8, 4) is 22.9 Å². The van der Waals surface area contributed by atoms with Crippen molar-refractivity contribution in [3.05, 3.63) is 132 Å². The van der Waals surface area contributed by atoms with Crippen molar-refractivity contribution in [1.29, 1.82) is 0 Å². The number of rotatable bonds is 10. The van der Waals surface area contributed by atoms with Crippen LogP contribution in [0.3, 0.4) is 0 Å². The van der Waals surface area contributed by atoms with Crippen LogP contribution in [-0.4, -0.2) is 70.3 Å². The summed E-state index contributed by atoms with van der Waals surface area (Å²) < 4.78 is 115. The van der Waals surface area contributed by atoms with Crippen molar-refractivity contribution >= 4 is 35.6 Å². The average Bonchev–Trinajstić information content (AvgIpc) is 4.02. The zero-order valence-electron chi connectivity index (χ0n) is 35.2. The van der Waals surface area contributed by atoms with Gasteiger partial charge in [0.15, 0.2) is 0 Å². The highest BCUT2D eigenvalue weighted by Gasteiger charge is 2.39. The van der Waals surface area contributed by atoms with Crippen LogP contribution in [0.2, 0.25) is 0 Å². The maximum absolute atomic E-state index is 15.0. The molecule has 0 unspecified atom stereocenters. The van der Waals surface area contributed by atoms with E-state index in [0.717, 1.165) is 51.2 Å². The molecule has 0 atom stereocenters. The molecule has 0 bridgehead atoms. The Labute approximate surface area is 379 Å². The van der Waals surface area contributed by atoms with E-state index in [0.29, 0.717) is 24.2 Å². The second-order valence-electron chi connectivity index (χ2n) is 15.6. The normalized spacial score (nSPS) is 15.0. The molecule has 2 saturated heterocycles. The van der Waals surface area contributed by atoms with Crippen molar-refractivity contribution in [2.45, 2.75) is 51.1 Å². The molecule has 2 amide bonds. The van der Waals surface area contributed by atoms with Crippen molar-refractivity contribution in [2.24, 2.45) is 11.8 Å². The lowest BCUT2D eigenvalue weighted by Crippen LogP contribution is -2.41. The molecule has 2 aliphatic heterocycles. The number of piperidine rings is 2. The highest BCUT2D eigenvalue weighted by molar-refractivity contribution is 5.95. The topological polar surface area (TPSA) is 134 Å². The summed E-state index contributed by atoms with van der Waals surface area (Å²) in [5.41, 5.74) is 1.77. The Kier molecular flexibility index (Phi) is 15.9. The Morgan fingerprint density at radius 2 is 1.02 bits per heavy atom. The Morgan fingerprint density at radius 3 is 1.38 bits per heavy atom. The average molecular weight is 947 g/mol. The molecule has 0 radical (unpaired) electrons. The number of benzene rings is 4. The number of nitrogens with zero attached hydrogens (tertiary/aromatic N) is 7. The van der Waals surface area contributed by atoms with Gasteiger partial charge in [-0.1, -0.05) is 48.5 Å². The van der Waals surface area contributed by atoms with Crippen LogP contribution in [-0.2, 0) is 35.0 Å². The van der Waals surface area contributed by atoms with E-state index in [1.54, 1.807) is 58.3 Å². The standard InChI is InChI=1S/C23H22F4N4O2.C22H20F4N4O2.ClH/c1-30-11-9-15(10-12-30)21(32)31(18-5-3-2-4-6-18)14-17-8-7-16(13-19(17)24)20-28-29-22(33-20)23(25,26)27;23-18-12-15(19-28-29-21(32-19)22(24,25)26)6-7-16(18)13-30(17-4-2-1-3-5-17)20(31)14-8-10-27-11-9-14;/h2-8,13,15H,9-12,14H2,1H3;1-7,12,14,27H,8-11,13H2;1H. The molecule has 2 aromatic heterocycles. The van der Waals surface area contributed by atoms with Crippen LogP contribution >= 0.6 is 12.4 Å². The first kappa shape index (κ1) is 49.2. The molecule has 2 aliphatic rings. The van der Waals surface area contributed by atoms with E-state index in [2.05, 4.69) is 39.4 Å². The third-order valence-electron chi connectivity index (χ3n) is 11.0. The highest BCUT2D eigenvalue weighted by Crippen LogP contribution is 2.34. The number of anilines is 2. The van der Waals surface area contributed by atoms with E-state index in [1.807, 2.05) is 19.2 Å². The lowest BCUT2D eigenvalue weighted by atomic mass is 9.95. The van der Waals surface area contributed by atoms with E-state index in [-0.39, 0.29) is 71.4 Å². The van der Waals surface area contributed by atoms with Gasteiger partial charge in [-0.25, -0.2) is 8.78 Å². The number of carbonyl (C=O) groups is 2. The monoisotopic (exact) mass is 946 g/mol. The van der Waals surface area contributed by atoms with Crippen molar-refractivity contribution in [3.63, 3.8) is 0 Å². The first-order valence-corrected chi connectivity index (χ1v) is 20.6. The Bertz CT molecular complexity index is 2550. The van der Waals surface area contributed by atoms with Gasteiger partial charge in [-0.3, -0.25) is 9.59 Å². The molecular formula is C45H43ClF8N8O4. The molecule has 21 heteroatoms. The number of alkyl halides is 6. The summed E-state index contributed by atoms with van der Waals surface area (Å²) >= 11 is 0. The van der Waals surface area contributed by atoms with E-state index in [1.165, 1.54) is 24.3 Å². The molecule has 350 valence electrons. The summed E-state index contributed by atoms with van der Waals surface area (Å²) in [6.45, 7) is 3.08. The Hall–Kier alpha value is -6.25. The minimum absolute atomic E-state index is 0. The van der Waals surface area contributed by atoms with E-state index in [9.17, 15) is 44.7 Å². The highest BCUT2D eigenvalue weighted by atomic mass is 35.5. The van der Waals surface area contributed by atoms with Gasteiger partial charge in [0.05, 0.1) is 13.1 Å². The van der Waals surface area contributed by atoms with Crippen LogP contribution in [0, 0.1) is 23.5 Å². The summed E-state index contributed by atoms with van der Waals surface area (Å²) in [6, 6.07) is 25.7. The number of hydrogen-bond acceptors (Lipinski definition) is 10. The van der Waals surface area contributed by atoms with Gasteiger partial charge < -0.3 is 28.9 Å². The second kappa shape index (κ2) is 21.4. The van der Waals surface area contributed by atoms with Gasteiger partial charge in [-0.15, -0.1) is 32.8 Å². The molecule has 4 heterocycles. The predicted molar refractivity (Wildman–Crippen MR) is 228 cm³/mol. The van der Waals surface area contributed by atoms with Crippen LogP contribution < -0.4 is 15.1 Å². The van der Waals surface area contributed by atoms with Crippen LogP contribution in [0.5, 0.6) is 0 Å². The Balaban J connectivity index is 0.000000215. The molecule has 1 N–H and O–H groups in total. The number of halogens is 9. The van der Waals surface area contributed by atoms with Crippen LogP contribution in [0.15, 0.2) is 106 Å². The molecule has 66 heavy (non-hydrogen) atoms. The third-order valence-corrected chi connectivity index (χ3v) is 11.0. The smallest absolute Gasteiger partial charge is 0.413 e. The molecule has 6 aromatic rings. The van der Waals surface area contributed by atoms with Crippen LogP contribution in [0.25, 0.3) is 22.9 Å². The fourth-order valence-electron chi connectivity index (χ4n) is 7.44. The van der Waals surface area contributed by atoms with Gasteiger partial charge >= 0.3 is 24.1 Å². The minimum atomic E-state index is -4.78. The zero-order valence-corrected chi connectivity index (χ0v) is 36.0. The third kappa shape index (κ3) is 12.1. The maximum atomic E-state index is 15.0. The Morgan fingerprint density at radius 1 is 0.621 bits per heavy atom. The van der Waals surface area contributed by atoms with Crippen LogP contribution in [0.1, 0.15) is 48.6 Å².